The molecule has 1 amide bonds. The van der Waals surface area contributed by atoms with Gasteiger partial charge in [-0.2, -0.15) is 5.26 Å². The molecule has 0 atom stereocenters. The molecule has 4 nitrogen and oxygen atoms in total. The Hall–Kier alpha value is -1.08. The van der Waals surface area contributed by atoms with E-state index in [0.717, 1.165) is 6.42 Å². The summed E-state index contributed by atoms with van der Waals surface area (Å²) < 4.78 is 0. The maximum absolute atomic E-state index is 11.4. The molecule has 0 aliphatic carbocycles. The Kier molecular flexibility index (Phi) is 6.19. The van der Waals surface area contributed by atoms with Crippen LogP contribution in [0.4, 0.5) is 0 Å². The van der Waals surface area contributed by atoms with E-state index in [9.17, 15) is 4.79 Å². The van der Waals surface area contributed by atoms with Crippen LogP contribution in [0, 0.1) is 16.7 Å². The number of nitrogens with zero attached hydrogens (tertiary/aromatic N) is 1. The van der Waals surface area contributed by atoms with E-state index in [-0.39, 0.29) is 16.9 Å². The van der Waals surface area contributed by atoms with Crippen molar-refractivity contribution in [3.05, 3.63) is 0 Å². The molecule has 2 N–H and O–H groups in total. The Balaban J connectivity index is 3.93. The fraction of sp³-hybridized carbons (Fsp3) is 0.846. The standard InChI is InChI=1S/C13H25N3O/c1-12(2,3)10-13(4,5)16-9-11(17)15-8-6-7-14/h16H,6,8-10H2,1-5H3,(H,15,17). The van der Waals surface area contributed by atoms with Gasteiger partial charge in [-0.1, -0.05) is 20.8 Å². The van der Waals surface area contributed by atoms with Crippen LogP contribution in [0.3, 0.4) is 0 Å². The summed E-state index contributed by atoms with van der Waals surface area (Å²) in [6, 6.07) is 1.99. The number of rotatable bonds is 6. The van der Waals surface area contributed by atoms with Gasteiger partial charge in [0, 0.05) is 12.1 Å². The lowest BCUT2D eigenvalue weighted by Crippen LogP contribution is -2.47. The van der Waals surface area contributed by atoms with Crippen LogP contribution in [-0.4, -0.2) is 24.5 Å². The number of amides is 1. The monoisotopic (exact) mass is 239 g/mol. The topological polar surface area (TPSA) is 64.9 Å². The molecule has 0 fully saturated rings. The summed E-state index contributed by atoms with van der Waals surface area (Å²) in [7, 11) is 0. The predicted octanol–water partition coefficient (Wildman–Crippen LogP) is 1.82. The van der Waals surface area contributed by atoms with Crippen LogP contribution in [0.25, 0.3) is 0 Å². The average molecular weight is 239 g/mol. The van der Waals surface area contributed by atoms with Crippen LogP contribution < -0.4 is 10.6 Å². The minimum Gasteiger partial charge on any atom is -0.354 e. The minimum absolute atomic E-state index is 0.0535. The number of carbonyl (C=O) groups is 1. The van der Waals surface area contributed by atoms with Crippen molar-refractivity contribution in [1.29, 1.82) is 5.26 Å². The molecule has 0 spiro atoms. The van der Waals surface area contributed by atoms with E-state index in [0.29, 0.717) is 19.5 Å². The molecule has 0 aliphatic rings. The summed E-state index contributed by atoms with van der Waals surface area (Å²) in [5.74, 6) is -0.0535. The Morgan fingerprint density at radius 2 is 1.82 bits per heavy atom. The van der Waals surface area contributed by atoms with Gasteiger partial charge in [0.05, 0.1) is 19.0 Å². The number of hydrogen-bond acceptors (Lipinski definition) is 3. The zero-order valence-corrected chi connectivity index (χ0v) is 11.7. The number of hydrogen-bond donors (Lipinski definition) is 2. The largest absolute Gasteiger partial charge is 0.354 e. The van der Waals surface area contributed by atoms with Crippen molar-refractivity contribution in [3.63, 3.8) is 0 Å². The van der Waals surface area contributed by atoms with E-state index in [1.807, 2.05) is 6.07 Å². The van der Waals surface area contributed by atoms with Crippen molar-refractivity contribution in [2.45, 2.75) is 53.0 Å². The SMILES string of the molecule is CC(C)(C)CC(C)(C)NCC(=O)NCCC#N. The van der Waals surface area contributed by atoms with Crippen molar-refractivity contribution in [2.75, 3.05) is 13.1 Å². The molecule has 98 valence electrons. The maximum atomic E-state index is 11.4. The second kappa shape index (κ2) is 6.61. The quantitative estimate of drug-likeness (QED) is 0.695. The summed E-state index contributed by atoms with van der Waals surface area (Å²) in [5.41, 5.74) is 0.165. The van der Waals surface area contributed by atoms with Gasteiger partial charge in [-0.25, -0.2) is 0 Å². The third kappa shape index (κ3) is 9.83. The highest BCUT2D eigenvalue weighted by molar-refractivity contribution is 5.78. The van der Waals surface area contributed by atoms with Crippen LogP contribution in [-0.2, 0) is 4.79 Å². The van der Waals surface area contributed by atoms with Gasteiger partial charge in [0.2, 0.25) is 5.91 Å². The lowest BCUT2D eigenvalue weighted by molar-refractivity contribution is -0.120. The third-order valence-corrected chi connectivity index (χ3v) is 2.26. The predicted molar refractivity (Wildman–Crippen MR) is 69.4 cm³/mol. The first kappa shape index (κ1) is 15.9. The number of nitrogens with one attached hydrogen (secondary N) is 2. The van der Waals surface area contributed by atoms with E-state index < -0.39 is 0 Å². The third-order valence-electron chi connectivity index (χ3n) is 2.26. The first-order chi connectivity index (χ1) is 7.66. The molecule has 17 heavy (non-hydrogen) atoms. The van der Waals surface area contributed by atoms with E-state index in [2.05, 4.69) is 45.3 Å². The molecule has 0 radical (unpaired) electrons. The molecule has 0 bridgehead atoms. The van der Waals surface area contributed by atoms with Crippen molar-refractivity contribution in [2.24, 2.45) is 5.41 Å². The van der Waals surface area contributed by atoms with E-state index >= 15 is 0 Å². The van der Waals surface area contributed by atoms with Crippen molar-refractivity contribution in [3.8, 4) is 6.07 Å². The van der Waals surface area contributed by atoms with Crippen molar-refractivity contribution in [1.82, 2.24) is 10.6 Å². The second-order valence-corrected chi connectivity index (χ2v) is 6.23. The summed E-state index contributed by atoms with van der Waals surface area (Å²) in [5, 5.41) is 14.3. The van der Waals surface area contributed by atoms with Gasteiger partial charge < -0.3 is 10.6 Å². The fourth-order valence-corrected chi connectivity index (χ4v) is 2.03. The minimum atomic E-state index is -0.0647. The highest BCUT2D eigenvalue weighted by Gasteiger charge is 2.25. The fourth-order valence-electron chi connectivity index (χ4n) is 2.03. The molecule has 0 aromatic rings. The van der Waals surface area contributed by atoms with Crippen LogP contribution in [0.15, 0.2) is 0 Å². The van der Waals surface area contributed by atoms with Crippen molar-refractivity contribution >= 4 is 5.91 Å². The molecule has 0 unspecified atom stereocenters. The summed E-state index contributed by atoms with van der Waals surface area (Å²) >= 11 is 0. The van der Waals surface area contributed by atoms with Crippen LogP contribution in [0.5, 0.6) is 0 Å². The van der Waals surface area contributed by atoms with Gasteiger partial charge in [-0.15, -0.1) is 0 Å². The molecule has 0 saturated carbocycles. The molecule has 0 aliphatic heterocycles. The molecule has 0 aromatic carbocycles. The van der Waals surface area contributed by atoms with Gasteiger partial charge in [-0.05, 0) is 25.7 Å². The number of carbonyl (C=O) groups excluding carboxylic acids is 1. The van der Waals surface area contributed by atoms with Gasteiger partial charge in [0.15, 0.2) is 0 Å². The average Bonchev–Trinajstić information content (AvgIpc) is 2.12. The molecule has 0 aromatic heterocycles. The highest BCUT2D eigenvalue weighted by atomic mass is 16.1. The molecule has 4 heteroatoms. The first-order valence-electron chi connectivity index (χ1n) is 6.05. The lowest BCUT2D eigenvalue weighted by Gasteiger charge is -2.33. The summed E-state index contributed by atoms with van der Waals surface area (Å²) in [6.45, 7) is 11.5. The molecule has 0 saturated heterocycles. The molecular formula is C13H25N3O. The number of nitriles is 1. The smallest absolute Gasteiger partial charge is 0.234 e. The normalized spacial score (nSPS) is 12.0. The second-order valence-electron chi connectivity index (χ2n) is 6.23. The first-order valence-corrected chi connectivity index (χ1v) is 6.05. The Labute approximate surface area is 105 Å². The van der Waals surface area contributed by atoms with Gasteiger partial charge in [0.1, 0.15) is 0 Å². The summed E-state index contributed by atoms with van der Waals surface area (Å²) in [6.07, 6.45) is 1.35. The van der Waals surface area contributed by atoms with Gasteiger partial charge >= 0.3 is 0 Å². The molecule has 0 heterocycles. The Bertz CT molecular complexity index is 284. The molecule has 0 rings (SSSR count). The van der Waals surface area contributed by atoms with Crippen LogP contribution >= 0.6 is 0 Å². The van der Waals surface area contributed by atoms with Crippen LogP contribution in [0.1, 0.15) is 47.5 Å². The zero-order chi connectivity index (χ0) is 13.5. The zero-order valence-electron chi connectivity index (χ0n) is 11.7. The van der Waals surface area contributed by atoms with Gasteiger partial charge in [-0.3, -0.25) is 4.79 Å². The van der Waals surface area contributed by atoms with Crippen LogP contribution in [0.2, 0.25) is 0 Å². The Morgan fingerprint density at radius 3 is 2.29 bits per heavy atom. The highest BCUT2D eigenvalue weighted by Crippen LogP contribution is 2.26. The van der Waals surface area contributed by atoms with E-state index in [1.165, 1.54) is 0 Å². The molecular weight excluding hydrogens is 214 g/mol. The Morgan fingerprint density at radius 1 is 1.24 bits per heavy atom. The lowest BCUT2D eigenvalue weighted by atomic mass is 9.82. The maximum Gasteiger partial charge on any atom is 0.234 e. The van der Waals surface area contributed by atoms with E-state index in [1.54, 1.807) is 0 Å². The van der Waals surface area contributed by atoms with E-state index in [4.69, 9.17) is 5.26 Å². The van der Waals surface area contributed by atoms with Crippen molar-refractivity contribution < 1.29 is 4.79 Å². The van der Waals surface area contributed by atoms with Gasteiger partial charge in [0.25, 0.3) is 0 Å². The summed E-state index contributed by atoms with van der Waals surface area (Å²) in [4.78, 5) is 11.4.